The zero-order chi connectivity index (χ0) is 10.8. The van der Waals surface area contributed by atoms with Gasteiger partial charge in [0.25, 0.3) is 0 Å². The van der Waals surface area contributed by atoms with Gasteiger partial charge < -0.3 is 5.11 Å². The first-order valence-corrected chi connectivity index (χ1v) is 6.13. The second kappa shape index (κ2) is 4.33. The number of halogens is 1. The number of hydrogen-bond donors (Lipinski definition) is 1. The predicted octanol–water partition coefficient (Wildman–Crippen LogP) is 4.31. The Labute approximate surface area is 98.1 Å². The molecule has 0 radical (unpaired) electrons. The van der Waals surface area contributed by atoms with Crippen molar-refractivity contribution in [2.24, 2.45) is 0 Å². The fourth-order valence-corrected chi connectivity index (χ4v) is 2.69. The number of benzene rings is 2. The van der Waals surface area contributed by atoms with E-state index in [1.807, 2.05) is 30.3 Å². The standard InChI is InChI=1S/C12H11ClOS/c1-2-15-11-7-10(13)12(14)9-6-4-3-5-8(9)11/h3-7,14H,2H2,1H3. The molecule has 0 fully saturated rings. The van der Waals surface area contributed by atoms with Gasteiger partial charge in [-0.25, -0.2) is 0 Å². The van der Waals surface area contributed by atoms with Crippen molar-refractivity contribution in [3.05, 3.63) is 35.4 Å². The first-order valence-electron chi connectivity index (χ1n) is 4.77. The molecular weight excluding hydrogens is 228 g/mol. The Morgan fingerprint density at radius 3 is 2.60 bits per heavy atom. The SMILES string of the molecule is CCSc1cc(Cl)c(O)c2ccccc12. The summed E-state index contributed by atoms with van der Waals surface area (Å²) in [5, 5.41) is 12.1. The van der Waals surface area contributed by atoms with Crippen molar-refractivity contribution < 1.29 is 5.11 Å². The van der Waals surface area contributed by atoms with Crippen molar-refractivity contribution in [1.82, 2.24) is 0 Å². The maximum absolute atomic E-state index is 9.81. The van der Waals surface area contributed by atoms with E-state index < -0.39 is 0 Å². The van der Waals surface area contributed by atoms with Gasteiger partial charge in [-0.1, -0.05) is 42.8 Å². The second-order valence-electron chi connectivity index (χ2n) is 3.18. The number of phenolic OH excluding ortho intramolecular Hbond substituents is 1. The summed E-state index contributed by atoms with van der Waals surface area (Å²) < 4.78 is 0. The lowest BCUT2D eigenvalue weighted by molar-refractivity contribution is 0.481. The fraction of sp³-hybridized carbons (Fsp3) is 0.167. The van der Waals surface area contributed by atoms with Crippen LogP contribution in [0.25, 0.3) is 10.8 Å². The van der Waals surface area contributed by atoms with Crippen molar-refractivity contribution in [1.29, 1.82) is 0 Å². The molecule has 0 aliphatic heterocycles. The lowest BCUT2D eigenvalue weighted by atomic mass is 10.1. The lowest BCUT2D eigenvalue weighted by Crippen LogP contribution is -1.81. The highest BCUT2D eigenvalue weighted by molar-refractivity contribution is 7.99. The summed E-state index contributed by atoms with van der Waals surface area (Å²) in [4.78, 5) is 1.12. The molecule has 0 unspecified atom stereocenters. The zero-order valence-electron chi connectivity index (χ0n) is 8.33. The topological polar surface area (TPSA) is 20.2 Å². The summed E-state index contributed by atoms with van der Waals surface area (Å²) in [6.45, 7) is 2.10. The zero-order valence-corrected chi connectivity index (χ0v) is 9.90. The van der Waals surface area contributed by atoms with Crippen molar-refractivity contribution in [2.75, 3.05) is 5.75 Å². The van der Waals surface area contributed by atoms with Crippen LogP contribution >= 0.6 is 23.4 Å². The molecule has 2 rings (SSSR count). The third kappa shape index (κ3) is 1.92. The van der Waals surface area contributed by atoms with E-state index in [1.165, 1.54) is 0 Å². The molecule has 0 bridgehead atoms. The van der Waals surface area contributed by atoms with Crippen LogP contribution in [0.15, 0.2) is 35.2 Å². The van der Waals surface area contributed by atoms with E-state index >= 15 is 0 Å². The Morgan fingerprint density at radius 1 is 1.27 bits per heavy atom. The molecule has 0 heterocycles. The molecule has 0 aliphatic rings. The van der Waals surface area contributed by atoms with Gasteiger partial charge in [0.15, 0.2) is 0 Å². The molecule has 0 amide bonds. The molecule has 1 nitrogen and oxygen atoms in total. The minimum absolute atomic E-state index is 0.174. The van der Waals surface area contributed by atoms with Crippen LogP contribution in [0.4, 0.5) is 0 Å². The van der Waals surface area contributed by atoms with Crippen LogP contribution in [0.1, 0.15) is 6.92 Å². The van der Waals surface area contributed by atoms with Crippen molar-refractivity contribution in [3.8, 4) is 5.75 Å². The Morgan fingerprint density at radius 2 is 1.93 bits per heavy atom. The summed E-state index contributed by atoms with van der Waals surface area (Å²) in [7, 11) is 0. The molecule has 3 heteroatoms. The molecule has 78 valence electrons. The number of hydrogen-bond acceptors (Lipinski definition) is 2. The van der Waals surface area contributed by atoms with Gasteiger partial charge in [0.2, 0.25) is 0 Å². The van der Waals surface area contributed by atoms with Gasteiger partial charge in [-0.05, 0) is 17.2 Å². The molecule has 2 aromatic carbocycles. The Hall–Kier alpha value is -0.860. The number of fused-ring (bicyclic) bond motifs is 1. The Kier molecular flexibility index (Phi) is 3.08. The van der Waals surface area contributed by atoms with Crippen molar-refractivity contribution in [3.63, 3.8) is 0 Å². The molecule has 2 aromatic rings. The molecule has 1 N–H and O–H groups in total. The average molecular weight is 239 g/mol. The van der Waals surface area contributed by atoms with E-state index in [1.54, 1.807) is 11.8 Å². The van der Waals surface area contributed by atoms with Crippen LogP contribution in [-0.4, -0.2) is 10.9 Å². The van der Waals surface area contributed by atoms with E-state index in [2.05, 4.69) is 6.92 Å². The average Bonchev–Trinajstić information content (AvgIpc) is 2.26. The van der Waals surface area contributed by atoms with Crippen LogP contribution in [0.5, 0.6) is 5.75 Å². The van der Waals surface area contributed by atoms with Crippen LogP contribution in [0.2, 0.25) is 5.02 Å². The molecule has 15 heavy (non-hydrogen) atoms. The minimum atomic E-state index is 0.174. The van der Waals surface area contributed by atoms with E-state index in [0.717, 1.165) is 21.4 Å². The molecular formula is C12H11ClOS. The lowest BCUT2D eigenvalue weighted by Gasteiger charge is -2.08. The molecule has 0 aliphatic carbocycles. The number of phenols is 1. The highest BCUT2D eigenvalue weighted by Gasteiger charge is 2.08. The van der Waals surface area contributed by atoms with E-state index in [9.17, 15) is 5.11 Å². The van der Waals surface area contributed by atoms with E-state index in [0.29, 0.717) is 5.02 Å². The number of thioether (sulfide) groups is 1. The van der Waals surface area contributed by atoms with Crippen LogP contribution in [0.3, 0.4) is 0 Å². The molecule has 0 spiro atoms. The van der Waals surface area contributed by atoms with Gasteiger partial charge >= 0.3 is 0 Å². The maximum Gasteiger partial charge on any atom is 0.142 e. The fourth-order valence-electron chi connectivity index (χ4n) is 1.57. The smallest absolute Gasteiger partial charge is 0.142 e. The molecule has 0 saturated heterocycles. The summed E-state index contributed by atoms with van der Waals surface area (Å²) in [6.07, 6.45) is 0. The van der Waals surface area contributed by atoms with Gasteiger partial charge in [-0.3, -0.25) is 0 Å². The first-order chi connectivity index (χ1) is 7.24. The van der Waals surface area contributed by atoms with Gasteiger partial charge in [0.05, 0.1) is 5.02 Å². The quantitative estimate of drug-likeness (QED) is 0.787. The monoisotopic (exact) mass is 238 g/mol. The predicted molar refractivity (Wildman–Crippen MR) is 67.0 cm³/mol. The van der Waals surface area contributed by atoms with E-state index in [4.69, 9.17) is 11.6 Å². The highest BCUT2D eigenvalue weighted by Crippen LogP contribution is 2.38. The molecule has 0 atom stereocenters. The largest absolute Gasteiger partial charge is 0.506 e. The van der Waals surface area contributed by atoms with Crippen LogP contribution in [-0.2, 0) is 0 Å². The van der Waals surface area contributed by atoms with Gasteiger partial charge in [0.1, 0.15) is 5.75 Å². The van der Waals surface area contributed by atoms with Crippen molar-refractivity contribution in [2.45, 2.75) is 11.8 Å². The van der Waals surface area contributed by atoms with E-state index in [-0.39, 0.29) is 5.75 Å². The summed E-state index contributed by atoms with van der Waals surface area (Å²) in [5.74, 6) is 1.16. The molecule has 0 saturated carbocycles. The third-order valence-electron chi connectivity index (χ3n) is 2.23. The normalized spacial score (nSPS) is 10.8. The minimum Gasteiger partial charge on any atom is -0.506 e. The highest BCUT2D eigenvalue weighted by atomic mass is 35.5. The summed E-state index contributed by atoms with van der Waals surface area (Å²) in [5.41, 5.74) is 0. The maximum atomic E-state index is 9.81. The first kappa shape index (κ1) is 10.7. The number of rotatable bonds is 2. The van der Waals surface area contributed by atoms with Crippen LogP contribution in [0, 0.1) is 0 Å². The third-order valence-corrected chi connectivity index (χ3v) is 3.46. The van der Waals surface area contributed by atoms with Gasteiger partial charge in [-0.2, -0.15) is 0 Å². The number of aromatic hydroxyl groups is 1. The second-order valence-corrected chi connectivity index (χ2v) is 4.90. The van der Waals surface area contributed by atoms with Crippen molar-refractivity contribution >= 4 is 34.1 Å². The van der Waals surface area contributed by atoms with Gasteiger partial charge in [0, 0.05) is 10.3 Å². The summed E-state index contributed by atoms with van der Waals surface area (Å²) >= 11 is 7.70. The Bertz CT molecular complexity index is 496. The van der Waals surface area contributed by atoms with Gasteiger partial charge in [-0.15, -0.1) is 11.8 Å². The van der Waals surface area contributed by atoms with Crippen LogP contribution < -0.4 is 0 Å². The summed E-state index contributed by atoms with van der Waals surface area (Å²) in [6, 6.07) is 9.58. The Balaban J connectivity index is 2.76. The molecule has 0 aromatic heterocycles.